The molecule has 3 N–H and O–H groups in total. The summed E-state index contributed by atoms with van der Waals surface area (Å²) in [6, 6.07) is 3.57. The van der Waals surface area contributed by atoms with E-state index in [9.17, 15) is 0 Å². The fourth-order valence-electron chi connectivity index (χ4n) is 0.878. The lowest BCUT2D eigenvalue weighted by Gasteiger charge is -2.09. The normalized spacial score (nSPS) is 10.6. The average Bonchev–Trinajstić information content (AvgIpc) is 2.05. The van der Waals surface area contributed by atoms with Crippen molar-refractivity contribution in [3.63, 3.8) is 0 Å². The molecule has 0 aliphatic carbocycles. The molecule has 0 aromatic rings. The van der Waals surface area contributed by atoms with Gasteiger partial charge in [-0.2, -0.15) is 0 Å². The summed E-state index contributed by atoms with van der Waals surface area (Å²) in [6.45, 7) is 3.11. The van der Waals surface area contributed by atoms with Crippen LogP contribution in [0.5, 0.6) is 0 Å². The molecule has 0 saturated carbocycles. The van der Waals surface area contributed by atoms with Gasteiger partial charge in [0, 0.05) is 0 Å². The second-order valence-corrected chi connectivity index (χ2v) is 3.16. The van der Waals surface area contributed by atoms with Crippen LogP contribution in [0.15, 0.2) is 4.99 Å². The van der Waals surface area contributed by atoms with Gasteiger partial charge in [-0.3, -0.25) is 0 Å². The van der Waals surface area contributed by atoms with Crippen LogP contribution >= 0.6 is 0 Å². The highest BCUT2D eigenvalue weighted by molar-refractivity contribution is 5.36. The van der Waals surface area contributed by atoms with E-state index in [1.165, 1.54) is 6.01 Å². The topological polar surface area (TPSA) is 87.2 Å². The van der Waals surface area contributed by atoms with E-state index in [4.69, 9.17) is 16.2 Å². The van der Waals surface area contributed by atoms with E-state index in [2.05, 4.69) is 30.0 Å². The Morgan fingerprint density at radius 1 is 1.29 bits per heavy atom. The lowest BCUT2D eigenvalue weighted by atomic mass is 10.2. The Morgan fingerprint density at radius 2 is 1.79 bits per heavy atom. The molecular formula is C9H19N5. The summed E-state index contributed by atoms with van der Waals surface area (Å²) in [5.41, 5.74) is 0. The van der Waals surface area contributed by atoms with Crippen LogP contribution < -0.4 is 0 Å². The molecule has 0 saturated heterocycles. The standard InChI is InChI=1S/C8H17N3.CH2N2/c1-8(10-7-9)5-4-6-11(2)3;2-1-3/h8-9H,4-6H2,1-3H3;2-3H. The molecule has 1 unspecified atom stereocenters. The molecule has 0 aromatic carbocycles. The quantitative estimate of drug-likeness (QED) is 0.576. The van der Waals surface area contributed by atoms with Gasteiger partial charge < -0.3 is 4.90 Å². The predicted molar refractivity (Wildman–Crippen MR) is 57.9 cm³/mol. The third kappa shape index (κ3) is 17.0. The molecule has 0 spiro atoms. The molecule has 0 rings (SSSR count). The summed E-state index contributed by atoms with van der Waals surface area (Å²) in [5, 5.41) is 17.9. The molecule has 0 radical (unpaired) electrons. The Hall–Kier alpha value is -1.28. The van der Waals surface area contributed by atoms with Gasteiger partial charge in [-0.05, 0) is 40.4 Å². The van der Waals surface area contributed by atoms with E-state index in [0.29, 0.717) is 0 Å². The van der Waals surface area contributed by atoms with E-state index >= 15 is 0 Å². The molecule has 14 heavy (non-hydrogen) atoms. The zero-order valence-corrected chi connectivity index (χ0v) is 9.09. The smallest absolute Gasteiger partial charge is 0.0864 e. The Labute approximate surface area is 85.4 Å². The average molecular weight is 197 g/mol. The lowest BCUT2D eigenvalue weighted by molar-refractivity contribution is 0.388. The van der Waals surface area contributed by atoms with Crippen LogP contribution in [-0.4, -0.2) is 43.6 Å². The second-order valence-electron chi connectivity index (χ2n) is 3.16. The van der Waals surface area contributed by atoms with E-state index in [-0.39, 0.29) is 6.04 Å². The number of nitrogens with zero attached hydrogens (tertiary/aromatic N) is 2. The first kappa shape index (κ1) is 15.2. The van der Waals surface area contributed by atoms with Crippen LogP contribution in [0.25, 0.3) is 0 Å². The molecule has 0 fully saturated rings. The van der Waals surface area contributed by atoms with Gasteiger partial charge in [0.25, 0.3) is 0 Å². The summed E-state index contributed by atoms with van der Waals surface area (Å²) in [4.78, 5) is 5.97. The number of aliphatic imine (C=N–C) groups is 1. The van der Waals surface area contributed by atoms with Crippen molar-refractivity contribution >= 4 is 12.0 Å². The second kappa shape index (κ2) is 11.7. The van der Waals surface area contributed by atoms with E-state index in [1.54, 1.807) is 0 Å². The highest BCUT2D eigenvalue weighted by atomic mass is 15.0. The van der Waals surface area contributed by atoms with Crippen LogP contribution in [0.2, 0.25) is 0 Å². The van der Waals surface area contributed by atoms with Crippen molar-refractivity contribution in [3.05, 3.63) is 0 Å². The van der Waals surface area contributed by atoms with Crippen LogP contribution in [0.1, 0.15) is 19.8 Å². The van der Waals surface area contributed by atoms with Gasteiger partial charge in [-0.25, -0.2) is 21.2 Å². The highest BCUT2D eigenvalue weighted by Gasteiger charge is 1.97. The van der Waals surface area contributed by atoms with Crippen molar-refractivity contribution in [2.75, 3.05) is 20.6 Å². The van der Waals surface area contributed by atoms with Gasteiger partial charge in [0.1, 0.15) is 0 Å². The van der Waals surface area contributed by atoms with Gasteiger partial charge in [-0.15, -0.1) is 0 Å². The molecule has 0 aliphatic heterocycles. The Bertz CT molecular complexity index is 199. The molecule has 0 bridgehead atoms. The third-order valence-electron chi connectivity index (χ3n) is 1.51. The molecular weight excluding hydrogens is 178 g/mol. The molecule has 0 amide bonds. The zero-order chi connectivity index (χ0) is 11.4. The van der Waals surface area contributed by atoms with E-state index in [1.807, 2.05) is 6.92 Å². The summed E-state index contributed by atoms with van der Waals surface area (Å²) in [7, 11) is 4.12. The fourth-order valence-corrected chi connectivity index (χ4v) is 0.878. The maximum Gasteiger partial charge on any atom is 0.0864 e. The number of hydrogen-bond donors (Lipinski definition) is 3. The highest BCUT2D eigenvalue weighted by Crippen LogP contribution is 1.99. The summed E-state index contributed by atoms with van der Waals surface area (Å²) in [5.74, 6) is 0. The molecule has 5 heteroatoms. The summed E-state index contributed by atoms with van der Waals surface area (Å²) < 4.78 is 0. The van der Waals surface area contributed by atoms with Crippen LogP contribution in [0, 0.1) is 16.2 Å². The lowest BCUT2D eigenvalue weighted by Crippen LogP contribution is -2.14. The van der Waals surface area contributed by atoms with Gasteiger partial charge in [-0.1, -0.05) is 0 Å². The van der Waals surface area contributed by atoms with Crippen molar-refractivity contribution < 1.29 is 0 Å². The van der Waals surface area contributed by atoms with Crippen LogP contribution in [-0.2, 0) is 0 Å². The molecule has 0 aromatic heterocycles. The maximum absolute atomic E-state index is 6.63. The largest absolute Gasteiger partial charge is 0.309 e. The van der Waals surface area contributed by atoms with Gasteiger partial charge in [0.15, 0.2) is 0 Å². The first-order valence-corrected chi connectivity index (χ1v) is 4.43. The van der Waals surface area contributed by atoms with Gasteiger partial charge >= 0.3 is 0 Å². The maximum atomic E-state index is 6.63. The van der Waals surface area contributed by atoms with Crippen molar-refractivity contribution in [1.29, 1.82) is 16.2 Å². The molecule has 5 nitrogen and oxygen atoms in total. The van der Waals surface area contributed by atoms with Crippen LogP contribution in [0.3, 0.4) is 0 Å². The zero-order valence-electron chi connectivity index (χ0n) is 9.09. The Morgan fingerprint density at radius 3 is 2.14 bits per heavy atom. The molecule has 0 heterocycles. The molecule has 80 valence electrons. The summed E-state index contributed by atoms with van der Waals surface area (Å²) >= 11 is 0. The van der Waals surface area contributed by atoms with Crippen molar-refractivity contribution in [3.8, 4) is 0 Å². The van der Waals surface area contributed by atoms with Crippen LogP contribution in [0.4, 0.5) is 0 Å². The Kier molecular flexibility index (Phi) is 12.7. The first-order valence-electron chi connectivity index (χ1n) is 4.43. The molecule has 1 atom stereocenters. The fraction of sp³-hybridized carbons (Fsp3) is 0.778. The predicted octanol–water partition coefficient (Wildman–Crippen LogP) is 1.79. The van der Waals surface area contributed by atoms with Gasteiger partial charge in [0.05, 0.1) is 18.1 Å². The minimum absolute atomic E-state index is 0.257. The number of nitrogens with one attached hydrogen (secondary N) is 3. The minimum atomic E-state index is 0.257. The molecule has 0 aliphatic rings. The monoisotopic (exact) mass is 197 g/mol. The summed E-state index contributed by atoms with van der Waals surface area (Å²) in [6.07, 6.45) is 2.18. The first-order chi connectivity index (χ1) is 6.58. The van der Waals surface area contributed by atoms with Crippen molar-refractivity contribution in [2.24, 2.45) is 4.99 Å². The van der Waals surface area contributed by atoms with Gasteiger partial charge in [0.2, 0.25) is 0 Å². The SMILES string of the molecule is CC(CCCN(C)C)N=C=N.N=C=N. The van der Waals surface area contributed by atoms with E-state index < -0.39 is 0 Å². The third-order valence-corrected chi connectivity index (χ3v) is 1.51. The number of hydrogen-bond acceptors (Lipinski definition) is 5. The number of rotatable bonds is 5. The van der Waals surface area contributed by atoms with E-state index in [0.717, 1.165) is 19.4 Å². The van der Waals surface area contributed by atoms with Crippen molar-refractivity contribution in [2.45, 2.75) is 25.8 Å². The Balaban J connectivity index is 0. The minimum Gasteiger partial charge on any atom is -0.309 e. The van der Waals surface area contributed by atoms with Crippen molar-refractivity contribution in [1.82, 2.24) is 4.90 Å².